The van der Waals surface area contributed by atoms with Crippen molar-refractivity contribution in [2.75, 3.05) is 18.2 Å². The molecule has 0 radical (unpaired) electrons. The molecule has 4 rings (SSSR count). The number of para-hydroxylation sites is 1. The zero-order valence-electron chi connectivity index (χ0n) is 20.4. The maximum Gasteiger partial charge on any atom is 0.251 e. The average Bonchev–Trinajstić information content (AvgIpc) is 3.68. The molecule has 188 valence electrons. The van der Waals surface area contributed by atoms with Gasteiger partial charge in [0.05, 0.1) is 30.2 Å². The Labute approximate surface area is 211 Å². The number of nitrogens with one attached hydrogen (secondary N) is 2. The minimum atomic E-state index is -3.27. The summed E-state index contributed by atoms with van der Waals surface area (Å²) in [5.41, 5.74) is 2.64. The summed E-state index contributed by atoms with van der Waals surface area (Å²) < 4.78 is 30.1. The van der Waals surface area contributed by atoms with E-state index in [0.717, 1.165) is 24.0 Å². The van der Waals surface area contributed by atoms with Crippen LogP contribution >= 0.6 is 0 Å². The van der Waals surface area contributed by atoms with E-state index in [0.29, 0.717) is 21.9 Å². The van der Waals surface area contributed by atoms with Crippen molar-refractivity contribution in [3.05, 3.63) is 89.5 Å². The quantitative estimate of drug-likeness (QED) is 0.420. The summed E-state index contributed by atoms with van der Waals surface area (Å²) in [7, 11) is -1.68. The van der Waals surface area contributed by atoms with Crippen molar-refractivity contribution in [1.29, 1.82) is 0 Å². The van der Waals surface area contributed by atoms with Crippen LogP contribution in [-0.2, 0) is 21.1 Å². The fourth-order valence-electron chi connectivity index (χ4n) is 3.98. The van der Waals surface area contributed by atoms with Gasteiger partial charge in [-0.05, 0) is 73.7 Å². The van der Waals surface area contributed by atoms with Crippen molar-refractivity contribution in [2.45, 2.75) is 37.1 Å². The highest BCUT2D eigenvalue weighted by molar-refractivity contribution is 7.91. The highest BCUT2D eigenvalue weighted by Crippen LogP contribution is 2.32. The minimum absolute atomic E-state index is 0.113. The molecule has 1 aliphatic carbocycles. The van der Waals surface area contributed by atoms with Gasteiger partial charge in [0.15, 0.2) is 9.84 Å². The first kappa shape index (κ1) is 25.4. The first-order valence-corrected chi connectivity index (χ1v) is 13.6. The topological polar surface area (TPSA) is 102 Å². The number of hydrogen-bond donors (Lipinski definition) is 2. The Balaban J connectivity index is 1.31. The van der Waals surface area contributed by atoms with E-state index in [-0.39, 0.29) is 35.9 Å². The highest BCUT2D eigenvalue weighted by Gasteiger charge is 2.29. The second-order valence-corrected chi connectivity index (χ2v) is 11.1. The molecule has 7 nitrogen and oxygen atoms in total. The van der Waals surface area contributed by atoms with Gasteiger partial charge in [0, 0.05) is 16.8 Å². The third-order valence-corrected chi connectivity index (χ3v) is 8.08. The summed E-state index contributed by atoms with van der Waals surface area (Å²) in [5.74, 6) is 0.723. The standard InChI is InChI=1S/C28H30N2O5S/c1-19(25-5-3-4-6-26(25)35-2)29-28(32)22-11-13-23(14-12-22)30-27(31)17-20-9-15-24(16-10-20)36(33,34)18-21-7-8-21/h3-6,9-16,19,21H,7-8,17-18H2,1-2H3,(H,29,32)(H,30,31)/t19-/m0/s1. The van der Waals surface area contributed by atoms with E-state index in [9.17, 15) is 18.0 Å². The number of anilines is 1. The van der Waals surface area contributed by atoms with Crippen molar-refractivity contribution in [3.63, 3.8) is 0 Å². The van der Waals surface area contributed by atoms with Crippen LogP contribution in [0.5, 0.6) is 5.75 Å². The molecule has 0 aliphatic heterocycles. The van der Waals surface area contributed by atoms with Crippen LogP contribution in [0.4, 0.5) is 5.69 Å². The Hall–Kier alpha value is -3.65. The molecular weight excluding hydrogens is 476 g/mol. The fourth-order valence-corrected chi connectivity index (χ4v) is 5.68. The van der Waals surface area contributed by atoms with Gasteiger partial charge in [0.2, 0.25) is 5.91 Å². The van der Waals surface area contributed by atoms with Crippen molar-refractivity contribution in [2.24, 2.45) is 5.92 Å². The number of sulfone groups is 1. The zero-order valence-corrected chi connectivity index (χ0v) is 21.2. The Morgan fingerprint density at radius 1 is 0.972 bits per heavy atom. The summed E-state index contributed by atoms with van der Waals surface area (Å²) >= 11 is 0. The van der Waals surface area contributed by atoms with Crippen LogP contribution in [-0.4, -0.2) is 33.1 Å². The second-order valence-electron chi connectivity index (χ2n) is 9.11. The van der Waals surface area contributed by atoms with Crippen molar-refractivity contribution in [1.82, 2.24) is 5.32 Å². The lowest BCUT2D eigenvalue weighted by Gasteiger charge is -2.17. The normalized spacial score (nSPS) is 14.1. The lowest BCUT2D eigenvalue weighted by atomic mass is 10.1. The first-order chi connectivity index (χ1) is 17.2. The fraction of sp³-hybridized carbons (Fsp3) is 0.286. The number of carbonyl (C=O) groups excluding carboxylic acids is 2. The molecule has 3 aromatic rings. The van der Waals surface area contributed by atoms with Crippen molar-refractivity contribution in [3.8, 4) is 5.75 Å². The Kier molecular flexibility index (Phi) is 7.74. The number of rotatable bonds is 10. The molecule has 2 N–H and O–H groups in total. The Morgan fingerprint density at radius 3 is 2.28 bits per heavy atom. The van der Waals surface area contributed by atoms with Gasteiger partial charge >= 0.3 is 0 Å². The summed E-state index contributed by atoms with van der Waals surface area (Å²) in [6.45, 7) is 1.89. The number of amides is 2. The van der Waals surface area contributed by atoms with E-state index in [2.05, 4.69) is 10.6 Å². The van der Waals surface area contributed by atoms with Gasteiger partial charge < -0.3 is 15.4 Å². The number of benzene rings is 3. The average molecular weight is 507 g/mol. The molecule has 1 saturated carbocycles. The molecule has 2 amide bonds. The molecule has 1 aliphatic rings. The molecule has 0 saturated heterocycles. The van der Waals surface area contributed by atoms with Crippen molar-refractivity contribution >= 4 is 27.3 Å². The number of carbonyl (C=O) groups is 2. The zero-order chi connectivity index (χ0) is 25.7. The third-order valence-electron chi connectivity index (χ3n) is 6.18. The lowest BCUT2D eigenvalue weighted by Crippen LogP contribution is -2.27. The van der Waals surface area contributed by atoms with Crippen LogP contribution in [0.3, 0.4) is 0 Å². The molecular formula is C28H30N2O5S. The van der Waals surface area contributed by atoms with E-state index >= 15 is 0 Å². The van der Waals surface area contributed by atoms with Crippen LogP contribution in [0.1, 0.15) is 47.3 Å². The second kappa shape index (κ2) is 11.0. The lowest BCUT2D eigenvalue weighted by molar-refractivity contribution is -0.115. The predicted octanol–water partition coefficient (Wildman–Crippen LogP) is 4.55. The Bertz CT molecular complexity index is 1330. The van der Waals surface area contributed by atoms with E-state index in [1.54, 1.807) is 55.6 Å². The maximum absolute atomic E-state index is 12.7. The van der Waals surface area contributed by atoms with Crippen molar-refractivity contribution < 1.29 is 22.7 Å². The summed E-state index contributed by atoms with van der Waals surface area (Å²) in [6, 6.07) is 20.4. The van der Waals surface area contributed by atoms with Gasteiger partial charge in [-0.15, -0.1) is 0 Å². The molecule has 36 heavy (non-hydrogen) atoms. The molecule has 0 bridgehead atoms. The van der Waals surface area contributed by atoms with Crippen LogP contribution in [0.25, 0.3) is 0 Å². The van der Waals surface area contributed by atoms with Gasteiger partial charge in [-0.3, -0.25) is 9.59 Å². The number of ether oxygens (including phenoxy) is 1. The minimum Gasteiger partial charge on any atom is -0.496 e. The number of methoxy groups -OCH3 is 1. The number of hydrogen-bond acceptors (Lipinski definition) is 5. The van der Waals surface area contributed by atoms with E-state index in [1.165, 1.54) is 0 Å². The van der Waals surface area contributed by atoms with Crippen LogP contribution < -0.4 is 15.4 Å². The van der Waals surface area contributed by atoms with Crippen LogP contribution in [0.2, 0.25) is 0 Å². The van der Waals surface area contributed by atoms with E-state index in [4.69, 9.17) is 4.74 Å². The molecule has 8 heteroatoms. The van der Waals surface area contributed by atoms with E-state index in [1.807, 2.05) is 31.2 Å². The maximum atomic E-state index is 12.7. The third kappa shape index (κ3) is 6.51. The predicted molar refractivity (Wildman–Crippen MR) is 139 cm³/mol. The van der Waals surface area contributed by atoms with Crippen LogP contribution in [0, 0.1) is 5.92 Å². The SMILES string of the molecule is COc1ccccc1[C@H](C)NC(=O)c1ccc(NC(=O)Cc2ccc(S(=O)(=O)CC3CC3)cc2)cc1. The van der Waals surface area contributed by atoms with Crippen LogP contribution in [0.15, 0.2) is 77.7 Å². The smallest absolute Gasteiger partial charge is 0.251 e. The summed E-state index contributed by atoms with van der Waals surface area (Å²) in [6.07, 6.45) is 2.07. The van der Waals surface area contributed by atoms with E-state index < -0.39 is 9.84 Å². The van der Waals surface area contributed by atoms with Gasteiger partial charge in [-0.2, -0.15) is 0 Å². The molecule has 0 heterocycles. The largest absolute Gasteiger partial charge is 0.496 e. The molecule has 0 unspecified atom stereocenters. The molecule has 1 atom stereocenters. The first-order valence-electron chi connectivity index (χ1n) is 11.9. The summed E-state index contributed by atoms with van der Waals surface area (Å²) in [4.78, 5) is 25.5. The molecule has 0 spiro atoms. The molecule has 1 fully saturated rings. The Morgan fingerprint density at radius 2 is 1.64 bits per heavy atom. The monoisotopic (exact) mass is 506 g/mol. The summed E-state index contributed by atoms with van der Waals surface area (Å²) in [5, 5.41) is 5.77. The highest BCUT2D eigenvalue weighted by atomic mass is 32.2. The van der Waals surface area contributed by atoms with Gasteiger partial charge in [-0.25, -0.2) is 8.42 Å². The van der Waals surface area contributed by atoms with Gasteiger partial charge in [0.1, 0.15) is 5.75 Å². The van der Waals surface area contributed by atoms with Gasteiger partial charge in [0.25, 0.3) is 5.91 Å². The molecule has 0 aromatic heterocycles. The molecule has 3 aromatic carbocycles. The van der Waals surface area contributed by atoms with Gasteiger partial charge in [-0.1, -0.05) is 30.3 Å².